The van der Waals surface area contributed by atoms with E-state index in [2.05, 4.69) is 12.2 Å². The van der Waals surface area contributed by atoms with Crippen molar-refractivity contribution in [3.8, 4) is 0 Å². The number of carbonyl (C=O) groups is 3. The van der Waals surface area contributed by atoms with Crippen molar-refractivity contribution in [2.45, 2.75) is 31.8 Å². The number of amides is 4. The summed E-state index contributed by atoms with van der Waals surface area (Å²) in [6.45, 7) is 3.48. The van der Waals surface area contributed by atoms with Gasteiger partial charge in [-0.05, 0) is 43.0 Å². The maximum Gasteiger partial charge on any atom is 0.329 e. The summed E-state index contributed by atoms with van der Waals surface area (Å²) < 4.78 is 13.2. The molecule has 8 heteroatoms. The van der Waals surface area contributed by atoms with Gasteiger partial charge in [0, 0.05) is 26.3 Å². The number of benzene rings is 1. The first kappa shape index (κ1) is 18.5. The molecule has 4 amide bonds. The lowest BCUT2D eigenvalue weighted by molar-refractivity contribution is -0.129. The fourth-order valence-corrected chi connectivity index (χ4v) is 4.27. The molecule has 3 unspecified atom stereocenters. The molecule has 3 heterocycles. The molecule has 0 spiro atoms. The molecule has 0 radical (unpaired) electrons. The number of hydrogen-bond donors (Lipinski definition) is 1. The van der Waals surface area contributed by atoms with E-state index in [-0.39, 0.29) is 5.91 Å². The molecule has 1 N–H and O–H groups in total. The molecule has 7 nitrogen and oxygen atoms in total. The average molecular weight is 386 g/mol. The lowest BCUT2D eigenvalue weighted by Gasteiger charge is -2.38. The van der Waals surface area contributed by atoms with Crippen molar-refractivity contribution in [2.24, 2.45) is 5.92 Å². The van der Waals surface area contributed by atoms with E-state index in [1.165, 1.54) is 24.3 Å². The third kappa shape index (κ3) is 3.02. The van der Waals surface area contributed by atoms with Crippen LogP contribution in [0.1, 0.15) is 19.8 Å². The average Bonchev–Trinajstić information content (AvgIpc) is 2.99. The highest BCUT2D eigenvalue weighted by Crippen LogP contribution is 2.31. The second-order valence-electron chi connectivity index (χ2n) is 7.77. The minimum Gasteiger partial charge on any atom is -0.366 e. The number of nitrogens with one attached hydrogen (secondary N) is 1. The predicted molar refractivity (Wildman–Crippen MR) is 101 cm³/mol. The van der Waals surface area contributed by atoms with Gasteiger partial charge in [0.15, 0.2) is 0 Å². The van der Waals surface area contributed by atoms with Crippen LogP contribution in [0.15, 0.2) is 36.0 Å². The number of nitrogens with zero attached hydrogens (tertiary/aromatic N) is 3. The number of halogens is 1. The number of anilines is 1. The van der Waals surface area contributed by atoms with Gasteiger partial charge in [0.1, 0.15) is 11.9 Å². The molecule has 0 aliphatic carbocycles. The third-order valence-corrected chi connectivity index (χ3v) is 5.66. The number of urea groups is 1. The number of piperidine rings is 1. The summed E-state index contributed by atoms with van der Waals surface area (Å²) in [6.07, 6.45) is 3.70. The molecule has 28 heavy (non-hydrogen) atoms. The van der Waals surface area contributed by atoms with Crippen LogP contribution in [0.25, 0.3) is 0 Å². The summed E-state index contributed by atoms with van der Waals surface area (Å²) in [7, 11) is 1.72. The van der Waals surface area contributed by atoms with Gasteiger partial charge in [-0.1, -0.05) is 6.92 Å². The second-order valence-corrected chi connectivity index (χ2v) is 7.77. The van der Waals surface area contributed by atoms with Gasteiger partial charge in [-0.3, -0.25) is 9.59 Å². The topological polar surface area (TPSA) is 73.0 Å². The Kier molecular flexibility index (Phi) is 4.56. The van der Waals surface area contributed by atoms with Crippen LogP contribution >= 0.6 is 0 Å². The minimum absolute atomic E-state index is 0.130. The van der Waals surface area contributed by atoms with Gasteiger partial charge in [-0.2, -0.15) is 0 Å². The van der Waals surface area contributed by atoms with Crippen molar-refractivity contribution in [1.29, 1.82) is 0 Å². The Morgan fingerprint density at radius 3 is 2.61 bits per heavy atom. The van der Waals surface area contributed by atoms with Crippen LogP contribution in [0.2, 0.25) is 0 Å². The maximum atomic E-state index is 13.2. The van der Waals surface area contributed by atoms with Crippen LogP contribution in [0.4, 0.5) is 14.9 Å². The van der Waals surface area contributed by atoms with E-state index in [1.807, 2.05) is 0 Å². The molecule has 0 aromatic heterocycles. The molecule has 3 atom stereocenters. The standard InChI is InChI=1S/C20H23FN4O3/c1-12-4-3-9-24(10-12)18(26)15-11-23(2)17-16(15)22-20(28)25(19(17)27)14-7-5-13(21)6-8-14/h5-8,11-12,16-17H,3-4,9-10H2,1-2H3,(H,22,28). The Bertz CT molecular complexity index is 854. The molecule has 148 valence electrons. The first-order valence-electron chi connectivity index (χ1n) is 9.50. The Balaban J connectivity index is 1.58. The molecule has 2 saturated heterocycles. The molecule has 0 saturated carbocycles. The van der Waals surface area contributed by atoms with E-state index in [4.69, 9.17) is 0 Å². The molecule has 1 aromatic rings. The number of hydrogen-bond acceptors (Lipinski definition) is 4. The zero-order valence-corrected chi connectivity index (χ0v) is 15.9. The number of imide groups is 1. The molecule has 3 aliphatic rings. The number of fused-ring (bicyclic) bond motifs is 1. The summed E-state index contributed by atoms with van der Waals surface area (Å²) >= 11 is 0. The summed E-state index contributed by atoms with van der Waals surface area (Å²) in [5, 5.41) is 2.80. The molecule has 2 fully saturated rings. The molecular formula is C20H23FN4O3. The highest BCUT2D eigenvalue weighted by molar-refractivity contribution is 6.19. The van der Waals surface area contributed by atoms with E-state index in [0.29, 0.717) is 30.3 Å². The first-order valence-corrected chi connectivity index (χ1v) is 9.50. The van der Waals surface area contributed by atoms with Crippen molar-refractivity contribution in [3.05, 3.63) is 41.9 Å². The van der Waals surface area contributed by atoms with Crippen LogP contribution in [-0.2, 0) is 9.59 Å². The van der Waals surface area contributed by atoms with Gasteiger partial charge in [0.2, 0.25) is 0 Å². The van der Waals surface area contributed by atoms with Crippen molar-refractivity contribution >= 4 is 23.5 Å². The van der Waals surface area contributed by atoms with Crippen LogP contribution in [0.3, 0.4) is 0 Å². The minimum atomic E-state index is -0.705. The number of likely N-dealkylation sites (N-methyl/N-ethyl adjacent to an activating group) is 1. The number of likely N-dealkylation sites (tertiary alicyclic amines) is 1. The zero-order chi connectivity index (χ0) is 20.0. The second kappa shape index (κ2) is 6.92. The Morgan fingerprint density at radius 2 is 1.93 bits per heavy atom. The van der Waals surface area contributed by atoms with Gasteiger partial charge in [-0.15, -0.1) is 0 Å². The van der Waals surface area contributed by atoms with Crippen LogP contribution in [-0.4, -0.2) is 59.9 Å². The van der Waals surface area contributed by atoms with E-state index >= 15 is 0 Å². The largest absolute Gasteiger partial charge is 0.366 e. The van der Waals surface area contributed by atoms with Gasteiger partial charge in [0.25, 0.3) is 11.8 Å². The van der Waals surface area contributed by atoms with Gasteiger partial charge < -0.3 is 15.1 Å². The van der Waals surface area contributed by atoms with E-state index in [1.54, 1.807) is 23.0 Å². The monoisotopic (exact) mass is 386 g/mol. The number of rotatable bonds is 2. The third-order valence-electron chi connectivity index (χ3n) is 5.66. The fourth-order valence-electron chi connectivity index (χ4n) is 4.27. The Hall–Kier alpha value is -2.90. The fraction of sp³-hybridized carbons (Fsp3) is 0.450. The maximum absolute atomic E-state index is 13.2. The van der Waals surface area contributed by atoms with Crippen LogP contribution < -0.4 is 10.2 Å². The lowest BCUT2D eigenvalue weighted by Crippen LogP contribution is -2.65. The summed E-state index contributed by atoms with van der Waals surface area (Å²) in [5.74, 6) is -0.581. The normalized spacial score (nSPS) is 27.5. The van der Waals surface area contributed by atoms with E-state index in [0.717, 1.165) is 17.7 Å². The number of carbonyl (C=O) groups excluding carboxylic acids is 3. The summed E-state index contributed by atoms with van der Waals surface area (Å²) in [6, 6.07) is 3.16. The van der Waals surface area contributed by atoms with Gasteiger partial charge >= 0.3 is 6.03 Å². The summed E-state index contributed by atoms with van der Waals surface area (Å²) in [5.41, 5.74) is 0.724. The van der Waals surface area contributed by atoms with E-state index in [9.17, 15) is 18.8 Å². The van der Waals surface area contributed by atoms with Crippen molar-refractivity contribution in [2.75, 3.05) is 25.0 Å². The van der Waals surface area contributed by atoms with Crippen molar-refractivity contribution < 1.29 is 18.8 Å². The van der Waals surface area contributed by atoms with Gasteiger partial charge in [-0.25, -0.2) is 14.1 Å². The van der Waals surface area contributed by atoms with E-state index < -0.39 is 29.8 Å². The molecule has 3 aliphatic heterocycles. The lowest BCUT2D eigenvalue weighted by atomic mass is 9.96. The molecule has 4 rings (SSSR count). The SMILES string of the molecule is CC1CCCN(C(=O)C2=CN(C)C3C(=O)N(c4ccc(F)cc4)C(=O)NC23)C1. The van der Waals surface area contributed by atoms with Crippen molar-refractivity contribution in [3.63, 3.8) is 0 Å². The molecular weight excluding hydrogens is 363 g/mol. The Labute approximate surface area is 162 Å². The Morgan fingerprint density at radius 1 is 1.21 bits per heavy atom. The zero-order valence-electron chi connectivity index (χ0n) is 15.9. The predicted octanol–water partition coefficient (Wildman–Crippen LogP) is 1.71. The molecule has 0 bridgehead atoms. The molecule has 1 aromatic carbocycles. The van der Waals surface area contributed by atoms with Crippen molar-refractivity contribution in [1.82, 2.24) is 15.1 Å². The first-order chi connectivity index (χ1) is 13.4. The van der Waals surface area contributed by atoms with Crippen LogP contribution in [0, 0.1) is 11.7 Å². The smallest absolute Gasteiger partial charge is 0.329 e. The highest BCUT2D eigenvalue weighted by Gasteiger charge is 2.50. The highest BCUT2D eigenvalue weighted by atomic mass is 19.1. The van der Waals surface area contributed by atoms with Crippen LogP contribution in [0.5, 0.6) is 0 Å². The quantitative estimate of drug-likeness (QED) is 0.840. The summed E-state index contributed by atoms with van der Waals surface area (Å²) in [4.78, 5) is 43.3. The van der Waals surface area contributed by atoms with Gasteiger partial charge in [0.05, 0.1) is 17.3 Å².